The molecule has 82 valence electrons. The summed E-state index contributed by atoms with van der Waals surface area (Å²) in [6.45, 7) is 6.36. The zero-order chi connectivity index (χ0) is 11.5. The van der Waals surface area contributed by atoms with Gasteiger partial charge in [-0.1, -0.05) is 13.0 Å². The van der Waals surface area contributed by atoms with Crippen LogP contribution in [0.25, 0.3) is 11.3 Å². The minimum absolute atomic E-state index is 1.01. The van der Waals surface area contributed by atoms with Gasteiger partial charge in [0.2, 0.25) is 0 Å². The van der Waals surface area contributed by atoms with Crippen molar-refractivity contribution in [2.45, 2.75) is 27.2 Å². The van der Waals surface area contributed by atoms with E-state index < -0.39 is 0 Å². The molecule has 0 aliphatic heterocycles. The number of pyridine rings is 2. The SMILES string of the molecule is CCc1c(-c2ccccn2)cnc(C)c1C. The third-order valence-corrected chi connectivity index (χ3v) is 3.00. The lowest BCUT2D eigenvalue weighted by atomic mass is 9.98. The van der Waals surface area contributed by atoms with Crippen LogP contribution in [0.15, 0.2) is 30.6 Å². The minimum Gasteiger partial charge on any atom is -0.261 e. The van der Waals surface area contributed by atoms with Crippen LogP contribution in [0.2, 0.25) is 0 Å². The summed E-state index contributed by atoms with van der Waals surface area (Å²) in [5.74, 6) is 0. The summed E-state index contributed by atoms with van der Waals surface area (Å²) in [5.41, 5.74) is 5.91. The van der Waals surface area contributed by atoms with Gasteiger partial charge >= 0.3 is 0 Å². The normalized spacial score (nSPS) is 10.4. The Morgan fingerprint density at radius 3 is 2.56 bits per heavy atom. The van der Waals surface area contributed by atoms with Crippen molar-refractivity contribution in [2.75, 3.05) is 0 Å². The molecule has 0 amide bonds. The maximum absolute atomic E-state index is 4.42. The number of rotatable bonds is 2. The fourth-order valence-corrected chi connectivity index (χ4v) is 1.95. The van der Waals surface area contributed by atoms with Crippen LogP contribution >= 0.6 is 0 Å². The van der Waals surface area contributed by atoms with E-state index in [2.05, 4.69) is 30.7 Å². The summed E-state index contributed by atoms with van der Waals surface area (Å²) >= 11 is 0. The molecule has 2 heteroatoms. The van der Waals surface area contributed by atoms with Crippen LogP contribution in [0.1, 0.15) is 23.7 Å². The van der Waals surface area contributed by atoms with Crippen LogP contribution in [-0.2, 0) is 6.42 Å². The molecule has 2 aromatic rings. The Hall–Kier alpha value is -1.70. The first kappa shape index (κ1) is 10.8. The van der Waals surface area contributed by atoms with Crippen LogP contribution in [-0.4, -0.2) is 9.97 Å². The Kier molecular flexibility index (Phi) is 3.00. The highest BCUT2D eigenvalue weighted by Crippen LogP contribution is 2.25. The predicted octanol–water partition coefficient (Wildman–Crippen LogP) is 3.32. The van der Waals surface area contributed by atoms with Crippen molar-refractivity contribution in [3.8, 4) is 11.3 Å². The van der Waals surface area contributed by atoms with E-state index in [0.717, 1.165) is 23.4 Å². The van der Waals surface area contributed by atoms with Crippen molar-refractivity contribution in [2.24, 2.45) is 0 Å². The summed E-state index contributed by atoms with van der Waals surface area (Å²) < 4.78 is 0. The van der Waals surface area contributed by atoms with Gasteiger partial charge in [-0.15, -0.1) is 0 Å². The molecule has 0 aliphatic carbocycles. The lowest BCUT2D eigenvalue weighted by Crippen LogP contribution is -1.98. The summed E-state index contributed by atoms with van der Waals surface area (Å²) in [6, 6.07) is 5.98. The lowest BCUT2D eigenvalue weighted by molar-refractivity contribution is 1.04. The standard InChI is InChI=1S/C14H16N2/c1-4-12-10(2)11(3)16-9-13(12)14-7-5-6-8-15-14/h5-9H,4H2,1-3H3. The zero-order valence-corrected chi connectivity index (χ0v) is 9.99. The maximum Gasteiger partial charge on any atom is 0.0720 e. The largest absolute Gasteiger partial charge is 0.261 e. The number of aromatic nitrogens is 2. The van der Waals surface area contributed by atoms with Gasteiger partial charge in [-0.3, -0.25) is 9.97 Å². The van der Waals surface area contributed by atoms with E-state index in [-0.39, 0.29) is 0 Å². The Morgan fingerprint density at radius 1 is 1.12 bits per heavy atom. The molecule has 0 spiro atoms. The fourth-order valence-electron chi connectivity index (χ4n) is 1.95. The molecule has 0 radical (unpaired) electrons. The molecule has 2 aromatic heterocycles. The first-order chi connectivity index (χ1) is 7.74. The van der Waals surface area contributed by atoms with Gasteiger partial charge in [-0.05, 0) is 43.5 Å². The van der Waals surface area contributed by atoms with Gasteiger partial charge < -0.3 is 0 Å². The van der Waals surface area contributed by atoms with Crippen molar-refractivity contribution >= 4 is 0 Å². The molecular weight excluding hydrogens is 196 g/mol. The van der Waals surface area contributed by atoms with Crippen LogP contribution in [0.5, 0.6) is 0 Å². The highest BCUT2D eigenvalue weighted by atomic mass is 14.7. The molecule has 2 rings (SSSR count). The van der Waals surface area contributed by atoms with E-state index in [1.54, 1.807) is 0 Å². The summed E-state index contributed by atoms with van der Waals surface area (Å²) in [5, 5.41) is 0. The fraction of sp³-hybridized carbons (Fsp3) is 0.286. The predicted molar refractivity (Wildman–Crippen MR) is 66.3 cm³/mol. The number of hydrogen-bond donors (Lipinski definition) is 0. The highest BCUT2D eigenvalue weighted by Gasteiger charge is 2.09. The number of hydrogen-bond acceptors (Lipinski definition) is 2. The quantitative estimate of drug-likeness (QED) is 0.763. The molecule has 0 N–H and O–H groups in total. The number of aryl methyl sites for hydroxylation is 1. The lowest BCUT2D eigenvalue weighted by Gasteiger charge is -2.11. The monoisotopic (exact) mass is 212 g/mol. The number of nitrogens with zero attached hydrogens (tertiary/aromatic N) is 2. The van der Waals surface area contributed by atoms with E-state index >= 15 is 0 Å². The van der Waals surface area contributed by atoms with Crippen LogP contribution < -0.4 is 0 Å². The molecule has 0 bridgehead atoms. The Labute approximate surface area is 96.4 Å². The molecular formula is C14H16N2. The van der Waals surface area contributed by atoms with E-state index in [0.29, 0.717) is 0 Å². The average Bonchev–Trinajstić information content (AvgIpc) is 2.33. The smallest absolute Gasteiger partial charge is 0.0720 e. The van der Waals surface area contributed by atoms with E-state index in [4.69, 9.17) is 0 Å². The van der Waals surface area contributed by atoms with Gasteiger partial charge in [0.05, 0.1) is 5.69 Å². The third kappa shape index (κ3) is 1.83. The van der Waals surface area contributed by atoms with Crippen LogP contribution in [0, 0.1) is 13.8 Å². The van der Waals surface area contributed by atoms with Gasteiger partial charge in [0.15, 0.2) is 0 Å². The van der Waals surface area contributed by atoms with Gasteiger partial charge in [0.25, 0.3) is 0 Å². The van der Waals surface area contributed by atoms with Crippen LogP contribution in [0.4, 0.5) is 0 Å². The molecule has 0 aromatic carbocycles. The molecule has 0 unspecified atom stereocenters. The summed E-state index contributed by atoms with van der Waals surface area (Å²) in [4.78, 5) is 8.81. The first-order valence-electron chi connectivity index (χ1n) is 5.60. The summed E-state index contributed by atoms with van der Waals surface area (Å²) in [7, 11) is 0. The molecule has 0 fully saturated rings. The second-order valence-electron chi connectivity index (χ2n) is 3.93. The van der Waals surface area contributed by atoms with Crippen molar-refractivity contribution in [1.29, 1.82) is 0 Å². The molecule has 0 saturated heterocycles. The average molecular weight is 212 g/mol. The maximum atomic E-state index is 4.42. The Balaban J connectivity index is 2.62. The molecule has 0 saturated carbocycles. The van der Waals surface area contributed by atoms with Gasteiger partial charge in [0, 0.05) is 23.7 Å². The second-order valence-corrected chi connectivity index (χ2v) is 3.93. The summed E-state index contributed by atoms with van der Waals surface area (Å²) in [6.07, 6.45) is 4.77. The minimum atomic E-state index is 1.01. The van der Waals surface area contributed by atoms with Crippen molar-refractivity contribution in [1.82, 2.24) is 9.97 Å². The molecule has 16 heavy (non-hydrogen) atoms. The van der Waals surface area contributed by atoms with E-state index in [1.165, 1.54) is 11.1 Å². The van der Waals surface area contributed by atoms with E-state index in [1.807, 2.05) is 30.6 Å². The molecule has 2 nitrogen and oxygen atoms in total. The topological polar surface area (TPSA) is 25.8 Å². The molecule has 0 aliphatic rings. The molecule has 2 heterocycles. The zero-order valence-electron chi connectivity index (χ0n) is 9.99. The second kappa shape index (κ2) is 4.44. The van der Waals surface area contributed by atoms with Crippen molar-refractivity contribution in [3.63, 3.8) is 0 Å². The Morgan fingerprint density at radius 2 is 1.94 bits per heavy atom. The van der Waals surface area contributed by atoms with Crippen molar-refractivity contribution in [3.05, 3.63) is 47.4 Å². The molecule has 0 atom stereocenters. The van der Waals surface area contributed by atoms with Crippen molar-refractivity contribution < 1.29 is 0 Å². The highest BCUT2D eigenvalue weighted by molar-refractivity contribution is 5.64. The Bertz CT molecular complexity index is 490. The van der Waals surface area contributed by atoms with Gasteiger partial charge in [-0.25, -0.2) is 0 Å². The van der Waals surface area contributed by atoms with Crippen LogP contribution in [0.3, 0.4) is 0 Å². The first-order valence-corrected chi connectivity index (χ1v) is 5.60. The van der Waals surface area contributed by atoms with Gasteiger partial charge in [-0.2, -0.15) is 0 Å². The van der Waals surface area contributed by atoms with E-state index in [9.17, 15) is 0 Å². The third-order valence-electron chi connectivity index (χ3n) is 3.00. The van der Waals surface area contributed by atoms with Gasteiger partial charge in [0.1, 0.15) is 0 Å².